The van der Waals surface area contributed by atoms with E-state index < -0.39 is 0 Å². The summed E-state index contributed by atoms with van der Waals surface area (Å²) in [5.41, 5.74) is 4.16. The molecule has 0 saturated carbocycles. The molecule has 0 aliphatic carbocycles. The Kier molecular flexibility index (Phi) is 5.68. The number of piperidine rings is 1. The van der Waals surface area contributed by atoms with Crippen LogP contribution in [0.3, 0.4) is 0 Å². The minimum atomic E-state index is 0.385. The highest BCUT2D eigenvalue weighted by molar-refractivity contribution is 7.99. The summed E-state index contributed by atoms with van der Waals surface area (Å²) in [5, 5.41) is 1.18. The Morgan fingerprint density at radius 3 is 2.58 bits per heavy atom. The molecule has 7 heteroatoms. The number of nitrogens with zero attached hydrogens (tertiary/aromatic N) is 5. The lowest BCUT2D eigenvalue weighted by Crippen LogP contribution is -2.35. The van der Waals surface area contributed by atoms with Crippen LogP contribution < -0.4 is 4.90 Å². The third kappa shape index (κ3) is 4.32. The summed E-state index contributed by atoms with van der Waals surface area (Å²) < 4.78 is 6.04. The van der Waals surface area contributed by atoms with Gasteiger partial charge < -0.3 is 9.32 Å². The fourth-order valence-corrected chi connectivity index (χ4v) is 5.87. The van der Waals surface area contributed by atoms with E-state index in [2.05, 4.69) is 34.9 Å². The number of thioether (sulfide) groups is 1. The van der Waals surface area contributed by atoms with E-state index in [-0.39, 0.29) is 0 Å². The smallest absolute Gasteiger partial charge is 0.198 e. The zero-order chi connectivity index (χ0) is 22.2. The Morgan fingerprint density at radius 2 is 1.76 bits per heavy atom. The second-order valence-electron chi connectivity index (χ2n) is 9.15. The maximum absolute atomic E-state index is 6.04. The van der Waals surface area contributed by atoms with Gasteiger partial charge in [0.25, 0.3) is 0 Å². The number of rotatable bonds is 4. The largest absolute Gasteiger partial charge is 0.440 e. The molecule has 170 valence electrons. The lowest BCUT2D eigenvalue weighted by molar-refractivity contribution is 0.190. The van der Waals surface area contributed by atoms with Gasteiger partial charge in [-0.3, -0.25) is 4.90 Å². The highest BCUT2D eigenvalue weighted by Crippen LogP contribution is 2.31. The molecule has 2 fully saturated rings. The molecule has 0 bridgehead atoms. The maximum atomic E-state index is 6.04. The molecular weight excluding hydrogens is 430 g/mol. The average molecular weight is 460 g/mol. The van der Waals surface area contributed by atoms with Crippen LogP contribution >= 0.6 is 11.8 Å². The van der Waals surface area contributed by atoms with Gasteiger partial charge in [-0.25, -0.2) is 15.0 Å². The van der Waals surface area contributed by atoms with Crippen LogP contribution in [-0.4, -0.2) is 57.5 Å². The molecule has 33 heavy (non-hydrogen) atoms. The molecule has 0 unspecified atom stereocenters. The van der Waals surface area contributed by atoms with Gasteiger partial charge in [-0.2, -0.15) is 11.8 Å². The van der Waals surface area contributed by atoms with Crippen molar-refractivity contribution in [3.8, 4) is 0 Å². The van der Waals surface area contributed by atoms with Gasteiger partial charge in [-0.05, 0) is 57.1 Å². The number of hydrogen-bond acceptors (Lipinski definition) is 7. The lowest BCUT2D eigenvalue weighted by Gasteiger charge is -2.31. The molecule has 0 N–H and O–H groups in total. The Bertz CT molecular complexity index is 1240. The molecule has 6 nitrogen and oxygen atoms in total. The number of hydrogen-bond donors (Lipinski definition) is 0. The summed E-state index contributed by atoms with van der Waals surface area (Å²) in [5.74, 6) is 5.64. The topological polar surface area (TPSA) is 58.3 Å². The van der Waals surface area contributed by atoms with E-state index in [0.717, 1.165) is 91.2 Å². The third-order valence-corrected chi connectivity index (χ3v) is 7.74. The van der Waals surface area contributed by atoms with E-state index >= 15 is 0 Å². The Morgan fingerprint density at radius 1 is 0.939 bits per heavy atom. The van der Waals surface area contributed by atoms with Gasteiger partial charge in [-0.1, -0.05) is 23.8 Å². The molecule has 2 saturated heterocycles. The van der Waals surface area contributed by atoms with Crippen LogP contribution in [0, 0.1) is 6.92 Å². The minimum absolute atomic E-state index is 0.385. The molecule has 0 spiro atoms. The second-order valence-corrected chi connectivity index (χ2v) is 10.4. The van der Waals surface area contributed by atoms with E-state index in [1.807, 2.05) is 36.0 Å². The zero-order valence-electron chi connectivity index (χ0n) is 19.0. The molecule has 4 aromatic rings. The van der Waals surface area contributed by atoms with Crippen LogP contribution in [0.2, 0.25) is 0 Å². The highest BCUT2D eigenvalue weighted by Gasteiger charge is 2.26. The Hall–Kier alpha value is -2.64. The van der Waals surface area contributed by atoms with Crippen LogP contribution in [0.25, 0.3) is 22.0 Å². The first kappa shape index (κ1) is 20.9. The van der Waals surface area contributed by atoms with Crippen molar-refractivity contribution in [2.45, 2.75) is 32.2 Å². The summed E-state index contributed by atoms with van der Waals surface area (Å²) >= 11 is 2.03. The average Bonchev–Trinajstić information content (AvgIpc) is 3.29. The summed E-state index contributed by atoms with van der Waals surface area (Å²) in [6, 6.07) is 14.6. The van der Waals surface area contributed by atoms with Crippen molar-refractivity contribution in [3.63, 3.8) is 0 Å². The zero-order valence-corrected chi connectivity index (χ0v) is 19.9. The number of fused-ring (bicyclic) bond motifs is 2. The quantitative estimate of drug-likeness (QED) is 0.425. The number of likely N-dealkylation sites (tertiary alicyclic amines) is 1. The van der Waals surface area contributed by atoms with E-state index in [0.29, 0.717) is 5.92 Å². The molecule has 2 aliphatic heterocycles. The van der Waals surface area contributed by atoms with Crippen molar-refractivity contribution in [1.29, 1.82) is 0 Å². The predicted molar refractivity (Wildman–Crippen MR) is 135 cm³/mol. The minimum Gasteiger partial charge on any atom is -0.440 e. The molecule has 2 aromatic carbocycles. The molecule has 0 amide bonds. The van der Waals surface area contributed by atoms with Crippen LogP contribution in [0.4, 0.5) is 5.82 Å². The molecule has 6 rings (SSSR count). The van der Waals surface area contributed by atoms with Crippen LogP contribution in [0.5, 0.6) is 0 Å². The van der Waals surface area contributed by atoms with Crippen LogP contribution in [-0.2, 0) is 6.54 Å². The van der Waals surface area contributed by atoms with Crippen molar-refractivity contribution in [3.05, 3.63) is 59.7 Å². The second kappa shape index (κ2) is 8.95. The highest BCUT2D eigenvalue weighted by atomic mass is 32.2. The third-order valence-electron chi connectivity index (χ3n) is 6.80. The van der Waals surface area contributed by atoms with Crippen molar-refractivity contribution >= 4 is 39.6 Å². The first-order valence-corrected chi connectivity index (χ1v) is 13.1. The van der Waals surface area contributed by atoms with Crippen molar-refractivity contribution in [2.24, 2.45) is 0 Å². The molecule has 2 aromatic heterocycles. The number of anilines is 1. The summed E-state index contributed by atoms with van der Waals surface area (Å²) in [4.78, 5) is 19.7. The summed E-state index contributed by atoms with van der Waals surface area (Å²) in [6.45, 7) is 7.06. The first-order valence-electron chi connectivity index (χ1n) is 11.9. The Balaban J connectivity index is 1.20. The molecular formula is C26H29N5OS. The molecule has 0 atom stereocenters. The number of aromatic nitrogens is 3. The summed E-state index contributed by atoms with van der Waals surface area (Å²) in [7, 11) is 0. The maximum Gasteiger partial charge on any atom is 0.198 e. The van der Waals surface area contributed by atoms with E-state index in [4.69, 9.17) is 19.4 Å². The van der Waals surface area contributed by atoms with Crippen molar-refractivity contribution < 1.29 is 4.42 Å². The van der Waals surface area contributed by atoms with Crippen LogP contribution in [0.1, 0.15) is 36.0 Å². The van der Waals surface area contributed by atoms with Crippen LogP contribution in [0.15, 0.2) is 46.9 Å². The fraction of sp³-hybridized carbons (Fsp3) is 0.423. The van der Waals surface area contributed by atoms with Crippen molar-refractivity contribution in [2.75, 3.05) is 42.6 Å². The predicted octanol–water partition coefficient (Wildman–Crippen LogP) is 5.01. The monoisotopic (exact) mass is 459 g/mol. The van der Waals surface area contributed by atoms with Gasteiger partial charge in [0.1, 0.15) is 17.2 Å². The van der Waals surface area contributed by atoms with E-state index in [1.54, 1.807) is 0 Å². The van der Waals surface area contributed by atoms with Crippen molar-refractivity contribution in [1.82, 2.24) is 19.9 Å². The standard InChI is InChI=1S/C26H29N5OS/c1-18-6-7-21-20(16-18)25(31-12-14-33-15-13-31)29-24(27-21)17-30-10-8-19(9-11-30)26-28-22-4-2-3-5-23(22)32-26/h2-7,16,19H,8-15,17H2,1H3. The van der Waals surface area contributed by atoms with Gasteiger partial charge in [0.2, 0.25) is 0 Å². The number of oxazole rings is 1. The normalized spacial score (nSPS) is 18.4. The van der Waals surface area contributed by atoms with Gasteiger partial charge >= 0.3 is 0 Å². The summed E-state index contributed by atoms with van der Waals surface area (Å²) in [6.07, 6.45) is 2.10. The number of aryl methyl sites for hydroxylation is 1. The first-order chi connectivity index (χ1) is 16.2. The van der Waals surface area contributed by atoms with E-state index in [1.165, 1.54) is 10.9 Å². The SMILES string of the molecule is Cc1ccc2nc(CN3CCC(c4nc5ccccc5o4)CC3)nc(N3CCSCC3)c2c1. The molecule has 4 heterocycles. The van der Waals surface area contributed by atoms with Gasteiger partial charge in [0, 0.05) is 35.9 Å². The van der Waals surface area contributed by atoms with E-state index in [9.17, 15) is 0 Å². The lowest BCUT2D eigenvalue weighted by atomic mass is 9.97. The van der Waals surface area contributed by atoms with Gasteiger partial charge in [-0.15, -0.1) is 0 Å². The van der Waals surface area contributed by atoms with Gasteiger partial charge in [0.05, 0.1) is 12.1 Å². The molecule has 0 radical (unpaired) electrons. The fourth-order valence-electron chi connectivity index (χ4n) is 4.96. The van der Waals surface area contributed by atoms with Gasteiger partial charge in [0.15, 0.2) is 11.5 Å². The molecule has 2 aliphatic rings. The Labute approximate surface area is 198 Å². The number of para-hydroxylation sites is 2. The number of benzene rings is 2.